The maximum Gasteiger partial charge on any atom is 0.409 e. The fraction of sp³-hybridized carbons (Fsp3) is 0.585. The van der Waals surface area contributed by atoms with Crippen molar-refractivity contribution in [1.29, 1.82) is 0 Å². The lowest BCUT2D eigenvalue weighted by molar-refractivity contribution is -0.140. The van der Waals surface area contributed by atoms with E-state index < -0.39 is 192 Å². The number of fused-ring (bicyclic) bond motifs is 3. The van der Waals surface area contributed by atoms with Gasteiger partial charge < -0.3 is 72.2 Å². The summed E-state index contributed by atoms with van der Waals surface area (Å²) in [7, 11) is 0. The van der Waals surface area contributed by atoms with Gasteiger partial charge in [-0.1, -0.05) is 140 Å². The van der Waals surface area contributed by atoms with Gasteiger partial charge in [-0.2, -0.15) is 0 Å². The molecule has 0 spiro atoms. The van der Waals surface area contributed by atoms with Gasteiger partial charge in [0.05, 0.1) is 61.2 Å². The maximum atomic E-state index is 15.7. The fourth-order valence-electron chi connectivity index (χ4n) is 14.5. The number of carbonyl (C=O) groups excluding carboxylic acids is 13. The number of phenols is 1. The number of benzene rings is 3. The summed E-state index contributed by atoms with van der Waals surface area (Å²) in [6.07, 6.45) is -0.209. The van der Waals surface area contributed by atoms with Gasteiger partial charge in [-0.05, 0) is 113 Å². The molecular formula is C82H114N8O19. The molecule has 4 aromatic rings. The van der Waals surface area contributed by atoms with Crippen molar-refractivity contribution in [3.05, 3.63) is 102 Å². The number of aliphatic carboxylic acids is 1. The molecule has 2 bridgehead atoms. The molecule has 6 rings (SSSR count). The number of aromatic hydroxyl groups is 1. The number of nitrogens with zero attached hydrogens (tertiary/aromatic N) is 1. The first-order valence-electron chi connectivity index (χ1n) is 38.4. The molecule has 2 aliphatic rings. The van der Waals surface area contributed by atoms with Crippen LogP contribution in [0.5, 0.6) is 5.75 Å². The van der Waals surface area contributed by atoms with Crippen molar-refractivity contribution in [2.45, 2.75) is 232 Å². The predicted molar refractivity (Wildman–Crippen MR) is 405 cm³/mol. The molecule has 0 radical (unpaired) electrons. The third kappa shape index (κ3) is 27.5. The topological polar surface area (TPSA) is 434 Å². The number of ether oxygens (including phenoxy) is 1. The average Bonchev–Trinajstić information content (AvgIpc) is 1.66. The van der Waals surface area contributed by atoms with E-state index in [-0.39, 0.29) is 94.3 Å². The number of carboxylic acids is 1. The van der Waals surface area contributed by atoms with Gasteiger partial charge in [0, 0.05) is 92.9 Å². The SMILES string of the molecule is CC(=O)C[C@H](C(=O)N[C@@H](CO)C(=O)C[C@@H](Cc1ccccc1)C(=O)N[C@]12CCN(C1)C(=O)OCCCCCCCCC[C@@](C)(C(N)=O)CC(=O)[C@H](CC(C)C)NC(=O)[C@H](CC(C)C)CC(=O)[C@H](C)NC(=O)[C@H](Cc1[nH]cc3ccccc13)CC(=O)[C@H](Cc1ccc(O)cc1)NC(=O)[C@H](CCC(=O)O)CC2=O)C(C)O. The molecule has 12 N–H and O–H groups in total. The minimum absolute atomic E-state index is 0.0478. The molecule has 2 aliphatic heterocycles. The number of rotatable bonds is 25. The minimum Gasteiger partial charge on any atom is -0.508 e. The minimum atomic E-state index is -2.07. The van der Waals surface area contributed by atoms with Crippen molar-refractivity contribution in [2.24, 2.45) is 52.6 Å². The van der Waals surface area contributed by atoms with Crippen LogP contribution in [-0.2, 0) is 86.3 Å². The number of aliphatic hydroxyl groups is 2. The number of amides is 7. The number of aliphatic hydroxyl groups excluding tert-OH is 2. The first kappa shape index (κ1) is 88.4. The van der Waals surface area contributed by atoms with Crippen LogP contribution in [0.3, 0.4) is 0 Å². The number of primary amides is 1. The number of ketones is 6. The number of carbonyl (C=O) groups is 14. The quantitative estimate of drug-likeness (QED) is 0.0308. The van der Waals surface area contributed by atoms with Crippen molar-refractivity contribution in [3.8, 4) is 5.75 Å². The van der Waals surface area contributed by atoms with E-state index in [9.17, 15) is 63.6 Å². The Morgan fingerprint density at radius 1 is 0.679 bits per heavy atom. The normalized spacial score (nSPS) is 23.9. The van der Waals surface area contributed by atoms with Crippen LogP contribution in [-0.4, -0.2) is 175 Å². The molecule has 12 atom stereocenters. The predicted octanol–water partition coefficient (Wildman–Crippen LogP) is 7.37. The van der Waals surface area contributed by atoms with Crippen LogP contribution in [0.2, 0.25) is 0 Å². The molecular weight excluding hydrogens is 1400 g/mol. The highest BCUT2D eigenvalue weighted by Crippen LogP contribution is 2.34. The monoisotopic (exact) mass is 1510 g/mol. The third-order valence-corrected chi connectivity index (χ3v) is 21.0. The van der Waals surface area contributed by atoms with E-state index in [0.717, 1.165) is 24.6 Å². The van der Waals surface area contributed by atoms with Crippen molar-refractivity contribution in [3.63, 3.8) is 0 Å². The number of hydrogen-bond donors (Lipinski definition) is 11. The summed E-state index contributed by atoms with van der Waals surface area (Å²) < 4.78 is 5.77. The molecule has 3 aromatic carbocycles. The lowest BCUT2D eigenvalue weighted by atomic mass is 9.77. The van der Waals surface area contributed by atoms with Gasteiger partial charge in [0.25, 0.3) is 0 Å². The van der Waals surface area contributed by atoms with Crippen LogP contribution in [0.25, 0.3) is 10.8 Å². The molecule has 7 amide bonds. The van der Waals surface area contributed by atoms with Gasteiger partial charge in [-0.3, -0.25) is 57.5 Å². The first-order chi connectivity index (χ1) is 51.6. The van der Waals surface area contributed by atoms with Crippen molar-refractivity contribution in [2.75, 3.05) is 26.3 Å². The Labute approximate surface area is 637 Å². The number of Topliss-reactive ketones (excluding diaryl/α,β-unsaturated/α-hetero) is 6. The van der Waals surface area contributed by atoms with E-state index in [2.05, 4.69) is 31.6 Å². The van der Waals surface area contributed by atoms with Crippen molar-refractivity contribution < 1.29 is 92.3 Å². The van der Waals surface area contributed by atoms with Gasteiger partial charge >= 0.3 is 12.1 Å². The summed E-state index contributed by atoms with van der Waals surface area (Å²) in [4.78, 5) is 204. The Bertz CT molecular complexity index is 3820. The number of cyclic esters (lactones) is 1. The van der Waals surface area contributed by atoms with Crippen LogP contribution in [0.1, 0.15) is 194 Å². The maximum absolute atomic E-state index is 15.7. The third-order valence-electron chi connectivity index (χ3n) is 21.0. The average molecular weight is 1520 g/mol. The number of phenolic OH excluding ortho intramolecular Hbond substituents is 1. The Morgan fingerprint density at radius 3 is 1.93 bits per heavy atom. The lowest BCUT2D eigenvalue weighted by Crippen LogP contribution is -2.59. The van der Waals surface area contributed by atoms with Crippen LogP contribution >= 0.6 is 0 Å². The summed E-state index contributed by atoms with van der Waals surface area (Å²) in [6.45, 7) is 11.4. The highest BCUT2D eigenvalue weighted by Gasteiger charge is 2.50. The lowest BCUT2D eigenvalue weighted by Gasteiger charge is -2.33. The zero-order chi connectivity index (χ0) is 80.3. The summed E-state index contributed by atoms with van der Waals surface area (Å²) in [5.74, 6) is -16.7. The molecule has 1 aromatic heterocycles. The molecule has 2 fully saturated rings. The number of carboxylic acid groups (broad SMARTS) is 1. The van der Waals surface area contributed by atoms with E-state index in [4.69, 9.17) is 10.5 Å². The van der Waals surface area contributed by atoms with Crippen LogP contribution in [0.15, 0.2) is 85.1 Å². The second kappa shape index (κ2) is 42.5. The van der Waals surface area contributed by atoms with E-state index >= 15 is 24.0 Å². The second-order valence-corrected chi connectivity index (χ2v) is 31.2. The molecule has 596 valence electrons. The molecule has 1 unspecified atom stereocenters. The van der Waals surface area contributed by atoms with Gasteiger partial charge in [-0.25, -0.2) is 4.79 Å². The van der Waals surface area contributed by atoms with Gasteiger partial charge in [0.1, 0.15) is 23.1 Å². The first-order valence-corrected chi connectivity index (χ1v) is 38.4. The van der Waals surface area contributed by atoms with Crippen molar-refractivity contribution >= 4 is 93.0 Å². The number of nitrogens with two attached hydrogens (primary N) is 1. The summed E-state index contributed by atoms with van der Waals surface area (Å²) in [6, 6.07) is 16.0. The number of aromatic nitrogens is 1. The van der Waals surface area contributed by atoms with Gasteiger partial charge in [0.15, 0.2) is 28.9 Å². The van der Waals surface area contributed by atoms with E-state index in [1.807, 2.05) is 45.9 Å². The van der Waals surface area contributed by atoms with Crippen LogP contribution < -0.4 is 32.3 Å². The zero-order valence-corrected chi connectivity index (χ0v) is 64.3. The summed E-state index contributed by atoms with van der Waals surface area (Å²) in [5.41, 5.74) is 4.20. The smallest absolute Gasteiger partial charge is 0.409 e. The molecule has 27 heteroatoms. The largest absolute Gasteiger partial charge is 0.508 e. The molecule has 0 saturated carbocycles. The number of aromatic amines is 1. The summed E-state index contributed by atoms with van der Waals surface area (Å²) in [5, 5.41) is 56.7. The number of hydrogen-bond acceptors (Lipinski definition) is 18. The van der Waals surface area contributed by atoms with E-state index in [0.29, 0.717) is 54.3 Å². The van der Waals surface area contributed by atoms with E-state index in [1.165, 1.54) is 49.9 Å². The van der Waals surface area contributed by atoms with Crippen molar-refractivity contribution in [1.82, 2.24) is 36.5 Å². The number of H-pyrrole nitrogens is 1. The molecule has 0 aliphatic carbocycles. The van der Waals surface area contributed by atoms with Gasteiger partial charge in [0.2, 0.25) is 35.4 Å². The Morgan fingerprint density at radius 2 is 1.29 bits per heavy atom. The zero-order valence-electron chi connectivity index (χ0n) is 64.3. The Hall–Kier alpha value is -9.50. The highest BCUT2D eigenvalue weighted by atomic mass is 16.6. The molecule has 27 nitrogen and oxygen atoms in total. The summed E-state index contributed by atoms with van der Waals surface area (Å²) >= 11 is 0. The standard InChI is InChI=1S/C82H114N8O19/c1-49(2)35-58-41-68(95)52(6)85-75(103)60(40-64-62-24-18-17-23-57(62)46-84-64)43-69(96)66(39-55-25-28-61(94)29-26-55)87-74(102)56(27-30-73(100)101)44-72(99)82(89-77(105)59(38-54-21-15-14-16-22-54)42-70(97)67(47-91)88-78(106)63(53(7)93)37-51(5)92)32-33-90(48-82)80(108)109-34-20-13-11-9-10-12-19-31-81(8,79(83)107)45-71(98)65(36-50(3)4)86-76(58)104/h14-18,21-26,28-29,46,49-50,52-53,56,58-60,63,65-67,84,91,93-94H,9-13,19-20,27,30-45,47-48H2,1-8H3,(H2,83,107)(H,85,103)(H,86,104)(H,87,102)(H,88,106)(H,89,105)(H,100,101)/t52-,53?,56+,58+,59+,60+,63-,65-,66-,67-,81+,82+/m0/s1. The fourth-order valence-corrected chi connectivity index (χ4v) is 14.5. The number of nitrogens with one attached hydrogen (secondary N) is 6. The molecule has 2 saturated heterocycles. The Kier molecular flexibility index (Phi) is 34.4. The Balaban J connectivity index is 1.41. The van der Waals surface area contributed by atoms with Crippen LogP contribution in [0, 0.1) is 46.8 Å². The second-order valence-electron chi connectivity index (χ2n) is 31.2. The molecule has 3 heterocycles. The van der Waals surface area contributed by atoms with E-state index in [1.54, 1.807) is 49.5 Å². The van der Waals surface area contributed by atoms with Crippen LogP contribution in [0.4, 0.5) is 4.79 Å². The van der Waals surface area contributed by atoms with Gasteiger partial charge in [-0.15, -0.1) is 0 Å². The highest BCUT2D eigenvalue weighted by molar-refractivity contribution is 6.01. The molecule has 109 heavy (non-hydrogen) atoms.